The maximum atomic E-state index is 12.3. The lowest BCUT2D eigenvalue weighted by Crippen LogP contribution is -2.30. The summed E-state index contributed by atoms with van der Waals surface area (Å²) in [4.78, 5) is 16.9. The van der Waals surface area contributed by atoms with E-state index in [2.05, 4.69) is 62.3 Å². The van der Waals surface area contributed by atoms with Crippen molar-refractivity contribution >= 4 is 23.1 Å². The second-order valence-electron chi connectivity index (χ2n) is 7.90. The Morgan fingerprint density at radius 1 is 1.09 bits per heavy atom. The first-order valence-electron chi connectivity index (χ1n) is 10.6. The lowest BCUT2D eigenvalue weighted by molar-refractivity contribution is 0.252. The maximum Gasteiger partial charge on any atom is 0.319 e. The average molecular weight is 446 g/mol. The summed E-state index contributed by atoms with van der Waals surface area (Å²) >= 11 is 1.62. The fourth-order valence-corrected chi connectivity index (χ4v) is 4.24. The number of hydrogen-bond donors (Lipinski definition) is 2. The molecule has 2 N–H and O–H groups in total. The van der Waals surface area contributed by atoms with Crippen LogP contribution < -0.4 is 10.6 Å². The summed E-state index contributed by atoms with van der Waals surface area (Å²) in [5.74, 6) is 0.761. The van der Waals surface area contributed by atoms with Gasteiger partial charge in [-0.25, -0.2) is 14.5 Å². The third kappa shape index (κ3) is 4.67. The van der Waals surface area contributed by atoms with Crippen molar-refractivity contribution in [3.63, 3.8) is 0 Å². The lowest BCUT2D eigenvalue weighted by atomic mass is 10.2. The number of urea groups is 1. The molecule has 0 aliphatic heterocycles. The van der Waals surface area contributed by atoms with Crippen LogP contribution >= 0.6 is 11.3 Å². The molecule has 162 valence electrons. The number of hydrogen-bond acceptors (Lipinski definition) is 6. The normalized spacial score (nSPS) is 13.2. The van der Waals surface area contributed by atoms with E-state index in [9.17, 15) is 4.79 Å². The van der Waals surface area contributed by atoms with E-state index >= 15 is 0 Å². The number of benzene rings is 2. The zero-order valence-electron chi connectivity index (χ0n) is 17.7. The number of aromatic nitrogens is 5. The van der Waals surface area contributed by atoms with Crippen LogP contribution in [0.4, 0.5) is 10.5 Å². The molecule has 32 heavy (non-hydrogen) atoms. The number of carbonyl (C=O) groups is 1. The van der Waals surface area contributed by atoms with Gasteiger partial charge in [-0.15, -0.1) is 16.4 Å². The molecule has 2 amide bonds. The van der Waals surface area contributed by atoms with Gasteiger partial charge in [-0.1, -0.05) is 29.8 Å². The minimum atomic E-state index is -0.241. The Labute approximate surface area is 189 Å². The van der Waals surface area contributed by atoms with Gasteiger partial charge in [-0.2, -0.15) is 0 Å². The number of carbonyl (C=O) groups excluding carboxylic acids is 1. The average Bonchev–Trinajstić information content (AvgIpc) is 3.33. The van der Waals surface area contributed by atoms with Crippen molar-refractivity contribution in [2.75, 3.05) is 11.9 Å². The van der Waals surface area contributed by atoms with Gasteiger partial charge >= 0.3 is 6.03 Å². The third-order valence-electron chi connectivity index (χ3n) is 5.30. The number of anilines is 1. The van der Waals surface area contributed by atoms with Crippen LogP contribution in [0, 0.1) is 6.92 Å². The highest BCUT2D eigenvalue weighted by Crippen LogP contribution is 2.36. The maximum absolute atomic E-state index is 12.3. The molecule has 1 aliphatic rings. The van der Waals surface area contributed by atoms with E-state index in [-0.39, 0.29) is 6.03 Å². The number of nitrogens with zero attached hydrogens (tertiary/aromatic N) is 5. The van der Waals surface area contributed by atoms with E-state index < -0.39 is 0 Å². The van der Waals surface area contributed by atoms with Gasteiger partial charge in [-0.3, -0.25) is 0 Å². The SMILES string of the molecule is Cc1ccc(-c2nc(CCNC(=O)Nc3ccc(-c4nnnn4C4CC4)cc3)cs2)cc1. The van der Waals surface area contributed by atoms with Crippen LogP contribution in [-0.4, -0.2) is 37.8 Å². The Kier molecular flexibility index (Phi) is 5.64. The Balaban J connectivity index is 1.11. The lowest BCUT2D eigenvalue weighted by Gasteiger charge is -2.08. The van der Waals surface area contributed by atoms with Gasteiger partial charge in [-0.05, 0) is 54.5 Å². The van der Waals surface area contributed by atoms with E-state index in [1.54, 1.807) is 11.3 Å². The molecule has 0 bridgehead atoms. The number of tetrazole rings is 1. The van der Waals surface area contributed by atoms with Crippen molar-refractivity contribution in [2.45, 2.75) is 32.2 Å². The zero-order chi connectivity index (χ0) is 21.9. The highest BCUT2D eigenvalue weighted by molar-refractivity contribution is 7.13. The van der Waals surface area contributed by atoms with E-state index in [1.165, 1.54) is 5.56 Å². The Morgan fingerprint density at radius 2 is 1.84 bits per heavy atom. The molecule has 1 saturated carbocycles. The second-order valence-corrected chi connectivity index (χ2v) is 8.75. The second kappa shape index (κ2) is 8.88. The number of rotatable bonds is 7. The summed E-state index contributed by atoms with van der Waals surface area (Å²) in [7, 11) is 0. The summed E-state index contributed by atoms with van der Waals surface area (Å²) in [6.45, 7) is 2.58. The first-order valence-corrected chi connectivity index (χ1v) is 11.5. The fraction of sp³-hybridized carbons (Fsp3) is 0.261. The van der Waals surface area contributed by atoms with Crippen molar-refractivity contribution in [1.82, 2.24) is 30.5 Å². The highest BCUT2D eigenvalue weighted by atomic mass is 32.1. The molecule has 8 nitrogen and oxygen atoms in total. The topological polar surface area (TPSA) is 97.6 Å². The van der Waals surface area contributed by atoms with E-state index in [4.69, 9.17) is 0 Å². The molecule has 0 spiro atoms. The Hall–Kier alpha value is -3.59. The molecule has 0 unspecified atom stereocenters. The van der Waals surface area contributed by atoms with E-state index in [1.807, 2.05) is 34.3 Å². The van der Waals surface area contributed by atoms with E-state index in [0.717, 1.165) is 40.5 Å². The molecule has 2 aromatic heterocycles. The molecule has 1 aliphatic carbocycles. The van der Waals surface area contributed by atoms with Crippen LogP contribution in [-0.2, 0) is 6.42 Å². The van der Waals surface area contributed by atoms with Crippen LogP contribution in [0.5, 0.6) is 0 Å². The van der Waals surface area contributed by atoms with Crippen LogP contribution in [0.15, 0.2) is 53.9 Å². The number of nitrogens with one attached hydrogen (secondary N) is 2. The molecule has 5 rings (SSSR count). The van der Waals surface area contributed by atoms with Gasteiger partial charge in [0, 0.05) is 35.2 Å². The molecule has 0 atom stereocenters. The van der Waals surface area contributed by atoms with Crippen molar-refractivity contribution in [1.29, 1.82) is 0 Å². The highest BCUT2D eigenvalue weighted by Gasteiger charge is 2.28. The molecule has 1 fully saturated rings. The Morgan fingerprint density at radius 3 is 2.59 bits per heavy atom. The van der Waals surface area contributed by atoms with Gasteiger partial charge in [0.1, 0.15) is 5.01 Å². The summed E-state index contributed by atoms with van der Waals surface area (Å²) in [6.07, 6.45) is 2.91. The molecule has 4 aromatic rings. The standard InChI is InChI=1S/C23H23N7OS/c1-15-2-4-17(5-3-15)22-25-19(14-32-22)12-13-24-23(31)26-18-8-6-16(7-9-18)21-27-28-29-30(21)20-10-11-20/h2-9,14,20H,10-13H2,1H3,(H2,24,26,31). The summed E-state index contributed by atoms with van der Waals surface area (Å²) in [5, 5.41) is 20.8. The Bertz CT molecular complexity index is 1210. The monoisotopic (exact) mass is 445 g/mol. The molecule has 2 aromatic carbocycles. The first-order chi connectivity index (χ1) is 15.7. The molecule has 0 radical (unpaired) electrons. The zero-order valence-corrected chi connectivity index (χ0v) is 18.5. The number of amides is 2. The van der Waals surface area contributed by atoms with E-state index in [0.29, 0.717) is 24.7 Å². The predicted octanol–water partition coefficient (Wildman–Crippen LogP) is 4.47. The van der Waals surface area contributed by atoms with Crippen LogP contribution in [0.3, 0.4) is 0 Å². The van der Waals surface area contributed by atoms with Crippen molar-refractivity contribution in [2.24, 2.45) is 0 Å². The number of aryl methyl sites for hydroxylation is 1. The quantitative estimate of drug-likeness (QED) is 0.437. The van der Waals surface area contributed by atoms with Crippen molar-refractivity contribution in [3.05, 3.63) is 65.2 Å². The minimum absolute atomic E-state index is 0.241. The van der Waals surface area contributed by atoms with Gasteiger partial charge < -0.3 is 10.6 Å². The molecular weight excluding hydrogens is 422 g/mol. The largest absolute Gasteiger partial charge is 0.337 e. The van der Waals surface area contributed by atoms with Crippen molar-refractivity contribution in [3.8, 4) is 22.0 Å². The predicted molar refractivity (Wildman–Crippen MR) is 125 cm³/mol. The van der Waals surface area contributed by atoms with Crippen LogP contribution in [0.1, 0.15) is 30.1 Å². The minimum Gasteiger partial charge on any atom is -0.337 e. The summed E-state index contributed by atoms with van der Waals surface area (Å²) in [5.41, 5.74) is 4.97. The van der Waals surface area contributed by atoms with Crippen molar-refractivity contribution < 1.29 is 4.79 Å². The number of thiazole rings is 1. The van der Waals surface area contributed by atoms with Crippen LogP contribution in [0.25, 0.3) is 22.0 Å². The van der Waals surface area contributed by atoms with Crippen LogP contribution in [0.2, 0.25) is 0 Å². The molecule has 2 heterocycles. The third-order valence-corrected chi connectivity index (χ3v) is 6.24. The smallest absolute Gasteiger partial charge is 0.319 e. The van der Waals surface area contributed by atoms with Gasteiger partial charge in [0.05, 0.1) is 11.7 Å². The molecular formula is C23H23N7OS. The summed E-state index contributed by atoms with van der Waals surface area (Å²) in [6, 6.07) is 16.1. The van der Waals surface area contributed by atoms with Gasteiger partial charge in [0.25, 0.3) is 0 Å². The molecule has 9 heteroatoms. The fourth-order valence-electron chi connectivity index (χ4n) is 3.38. The first kappa shape index (κ1) is 20.3. The van der Waals surface area contributed by atoms with Gasteiger partial charge in [0.2, 0.25) is 0 Å². The summed E-state index contributed by atoms with van der Waals surface area (Å²) < 4.78 is 1.87. The van der Waals surface area contributed by atoms with Gasteiger partial charge in [0.15, 0.2) is 5.82 Å². The molecule has 0 saturated heterocycles.